The van der Waals surface area contributed by atoms with Crippen LogP contribution in [0.25, 0.3) is 0 Å². The van der Waals surface area contributed by atoms with Crippen molar-refractivity contribution in [1.29, 1.82) is 0 Å². The average Bonchev–Trinajstić information content (AvgIpc) is 2.91. The molecule has 5 nitrogen and oxygen atoms in total. The molecular formula is C18H18O5. The van der Waals surface area contributed by atoms with Crippen molar-refractivity contribution in [3.63, 3.8) is 0 Å². The number of carbonyl (C=O) groups excluding carboxylic acids is 1. The molecule has 0 saturated carbocycles. The number of phenols is 1. The van der Waals surface area contributed by atoms with E-state index < -0.39 is 0 Å². The van der Waals surface area contributed by atoms with Gasteiger partial charge >= 0.3 is 0 Å². The fraction of sp³-hybridized carbons (Fsp3) is 0.278. The van der Waals surface area contributed by atoms with E-state index in [1.165, 1.54) is 7.11 Å². The number of aromatic hydroxyl groups is 1. The van der Waals surface area contributed by atoms with Crippen LogP contribution in [-0.2, 0) is 0 Å². The number of phenolic OH excluding ortho intramolecular Hbond substituents is 1. The summed E-state index contributed by atoms with van der Waals surface area (Å²) < 4.78 is 16.6. The van der Waals surface area contributed by atoms with E-state index in [4.69, 9.17) is 14.2 Å². The SMILES string of the molecule is COc1cc([C@H]2Oc3c(OC)cc(C=O)cc3[C@@H]2C)ccc1O. The van der Waals surface area contributed by atoms with E-state index in [1.54, 1.807) is 31.4 Å². The van der Waals surface area contributed by atoms with E-state index in [1.807, 2.05) is 13.0 Å². The lowest BCUT2D eigenvalue weighted by Crippen LogP contribution is -2.07. The highest BCUT2D eigenvalue weighted by Crippen LogP contribution is 2.51. The first-order chi connectivity index (χ1) is 11.1. The summed E-state index contributed by atoms with van der Waals surface area (Å²) in [6.45, 7) is 2.03. The second kappa shape index (κ2) is 5.83. The van der Waals surface area contributed by atoms with Crippen molar-refractivity contribution in [2.24, 2.45) is 0 Å². The Morgan fingerprint density at radius 1 is 1.13 bits per heavy atom. The molecular weight excluding hydrogens is 296 g/mol. The molecule has 0 radical (unpaired) electrons. The molecule has 23 heavy (non-hydrogen) atoms. The summed E-state index contributed by atoms with van der Waals surface area (Å²) in [5.74, 6) is 1.72. The Morgan fingerprint density at radius 3 is 2.52 bits per heavy atom. The molecule has 0 spiro atoms. The minimum atomic E-state index is -0.240. The van der Waals surface area contributed by atoms with Gasteiger partial charge in [-0.05, 0) is 29.8 Å². The van der Waals surface area contributed by atoms with Crippen molar-refractivity contribution in [2.45, 2.75) is 18.9 Å². The predicted molar refractivity (Wildman–Crippen MR) is 84.8 cm³/mol. The zero-order valence-electron chi connectivity index (χ0n) is 13.2. The molecule has 3 rings (SSSR count). The van der Waals surface area contributed by atoms with E-state index in [0.717, 1.165) is 17.4 Å². The van der Waals surface area contributed by atoms with Crippen molar-refractivity contribution in [3.8, 4) is 23.0 Å². The van der Waals surface area contributed by atoms with Crippen LogP contribution >= 0.6 is 0 Å². The van der Waals surface area contributed by atoms with Crippen molar-refractivity contribution in [1.82, 2.24) is 0 Å². The van der Waals surface area contributed by atoms with Gasteiger partial charge in [-0.1, -0.05) is 13.0 Å². The van der Waals surface area contributed by atoms with E-state index in [2.05, 4.69) is 0 Å². The van der Waals surface area contributed by atoms with Crippen LogP contribution < -0.4 is 14.2 Å². The highest BCUT2D eigenvalue weighted by atomic mass is 16.5. The third kappa shape index (κ3) is 2.48. The van der Waals surface area contributed by atoms with Gasteiger partial charge in [0.1, 0.15) is 12.4 Å². The first-order valence-electron chi connectivity index (χ1n) is 7.29. The second-order valence-corrected chi connectivity index (χ2v) is 5.52. The third-order valence-corrected chi connectivity index (χ3v) is 4.18. The zero-order chi connectivity index (χ0) is 16.6. The lowest BCUT2D eigenvalue weighted by Gasteiger charge is -2.17. The van der Waals surface area contributed by atoms with Crippen molar-refractivity contribution in [2.75, 3.05) is 14.2 Å². The Balaban J connectivity index is 2.03. The van der Waals surface area contributed by atoms with Gasteiger partial charge in [-0.2, -0.15) is 0 Å². The predicted octanol–water partition coefficient (Wildman–Crippen LogP) is 3.46. The Labute approximate surface area is 134 Å². The third-order valence-electron chi connectivity index (χ3n) is 4.18. The number of rotatable bonds is 4. The number of methoxy groups -OCH3 is 2. The maximum Gasteiger partial charge on any atom is 0.165 e. The van der Waals surface area contributed by atoms with Crippen molar-refractivity contribution >= 4 is 6.29 Å². The van der Waals surface area contributed by atoms with E-state index in [0.29, 0.717) is 22.8 Å². The molecule has 2 aromatic rings. The minimum absolute atomic E-state index is 0.0352. The van der Waals surface area contributed by atoms with Crippen LogP contribution in [0.3, 0.4) is 0 Å². The molecule has 0 fully saturated rings. The molecule has 120 valence electrons. The zero-order valence-corrected chi connectivity index (χ0v) is 13.2. The van der Waals surface area contributed by atoms with Crippen LogP contribution in [-0.4, -0.2) is 25.6 Å². The first kappa shape index (κ1) is 15.2. The first-order valence-corrected chi connectivity index (χ1v) is 7.29. The van der Waals surface area contributed by atoms with Crippen molar-refractivity contribution in [3.05, 3.63) is 47.0 Å². The summed E-state index contributed by atoms with van der Waals surface area (Å²) in [5.41, 5.74) is 2.38. The highest BCUT2D eigenvalue weighted by molar-refractivity contribution is 5.78. The molecule has 0 aromatic heterocycles. The summed E-state index contributed by atoms with van der Waals surface area (Å²) in [6.07, 6.45) is 0.558. The molecule has 0 amide bonds. The molecule has 2 atom stereocenters. The van der Waals surface area contributed by atoms with Crippen molar-refractivity contribution < 1.29 is 24.1 Å². The molecule has 1 aliphatic rings. The van der Waals surface area contributed by atoms with Crippen LogP contribution in [0.15, 0.2) is 30.3 Å². The van der Waals surface area contributed by atoms with Gasteiger partial charge in [-0.25, -0.2) is 0 Å². The van der Waals surface area contributed by atoms with Crippen LogP contribution in [0.5, 0.6) is 23.0 Å². The monoisotopic (exact) mass is 314 g/mol. The van der Waals surface area contributed by atoms with Gasteiger partial charge in [-0.3, -0.25) is 4.79 Å². The van der Waals surface area contributed by atoms with Gasteiger partial charge in [-0.15, -0.1) is 0 Å². The maximum absolute atomic E-state index is 11.1. The van der Waals surface area contributed by atoms with Gasteiger partial charge in [0, 0.05) is 17.0 Å². The Hall–Kier alpha value is -2.69. The number of fused-ring (bicyclic) bond motifs is 1. The lowest BCUT2D eigenvalue weighted by atomic mass is 9.91. The van der Waals surface area contributed by atoms with Gasteiger partial charge in [0.2, 0.25) is 0 Å². The second-order valence-electron chi connectivity index (χ2n) is 5.52. The van der Waals surface area contributed by atoms with Crippen LogP contribution in [0.1, 0.15) is 40.4 Å². The minimum Gasteiger partial charge on any atom is -0.504 e. The van der Waals surface area contributed by atoms with E-state index >= 15 is 0 Å². The summed E-state index contributed by atoms with van der Waals surface area (Å²) in [6, 6.07) is 8.64. The number of benzene rings is 2. The standard InChI is InChI=1S/C18H18O5/c1-10-13-6-11(9-19)7-16(22-3)18(13)23-17(10)12-4-5-14(20)15(8-12)21-2/h4-10,17,20H,1-3H3/t10-,17-/m0/s1. The Morgan fingerprint density at radius 2 is 1.87 bits per heavy atom. The van der Waals surface area contributed by atoms with Crippen LogP contribution in [0.2, 0.25) is 0 Å². The fourth-order valence-electron chi connectivity index (χ4n) is 2.95. The quantitative estimate of drug-likeness (QED) is 0.876. The van der Waals surface area contributed by atoms with E-state index in [9.17, 15) is 9.90 Å². The van der Waals surface area contributed by atoms with Gasteiger partial charge in [0.15, 0.2) is 23.0 Å². The molecule has 0 bridgehead atoms. The maximum atomic E-state index is 11.1. The molecule has 1 N–H and O–H groups in total. The van der Waals surface area contributed by atoms with Gasteiger partial charge < -0.3 is 19.3 Å². The molecule has 0 aliphatic carbocycles. The number of carbonyl (C=O) groups is 1. The normalized spacial score (nSPS) is 18.9. The summed E-state index contributed by atoms with van der Waals surface area (Å²) in [4.78, 5) is 11.1. The number of hydrogen-bond acceptors (Lipinski definition) is 5. The molecule has 0 saturated heterocycles. The van der Waals surface area contributed by atoms with E-state index in [-0.39, 0.29) is 17.8 Å². The Kier molecular flexibility index (Phi) is 3.86. The average molecular weight is 314 g/mol. The number of aldehydes is 1. The largest absolute Gasteiger partial charge is 0.504 e. The Bertz CT molecular complexity index is 753. The van der Waals surface area contributed by atoms with Crippen LogP contribution in [0, 0.1) is 0 Å². The van der Waals surface area contributed by atoms with Gasteiger partial charge in [0.05, 0.1) is 14.2 Å². The topological polar surface area (TPSA) is 65.0 Å². The molecule has 1 heterocycles. The smallest absolute Gasteiger partial charge is 0.165 e. The summed E-state index contributed by atoms with van der Waals surface area (Å²) >= 11 is 0. The molecule has 5 heteroatoms. The molecule has 0 unspecified atom stereocenters. The summed E-state index contributed by atoms with van der Waals surface area (Å²) in [7, 11) is 3.06. The lowest BCUT2D eigenvalue weighted by molar-refractivity contribution is 0.112. The molecule has 2 aromatic carbocycles. The van der Waals surface area contributed by atoms with Gasteiger partial charge in [0.25, 0.3) is 0 Å². The summed E-state index contributed by atoms with van der Waals surface area (Å²) in [5, 5.41) is 9.74. The highest BCUT2D eigenvalue weighted by Gasteiger charge is 2.35. The number of ether oxygens (including phenoxy) is 3. The molecule has 1 aliphatic heterocycles. The van der Waals surface area contributed by atoms with Crippen LogP contribution in [0.4, 0.5) is 0 Å². The fourth-order valence-corrected chi connectivity index (χ4v) is 2.95. The number of hydrogen-bond donors (Lipinski definition) is 1.